The first-order valence-electron chi connectivity index (χ1n) is 6.69. The number of fused-ring (bicyclic) bond motifs is 1. The minimum atomic E-state index is -4.16. The first-order valence-corrected chi connectivity index (χ1v) is 6.69. The molecule has 0 atom stereocenters. The second-order valence-electron chi connectivity index (χ2n) is 4.82. The first kappa shape index (κ1) is 14.8. The number of rotatable bonds is 5. The fourth-order valence-corrected chi connectivity index (χ4v) is 2.27. The maximum absolute atomic E-state index is 12.4. The molecule has 0 spiro atoms. The van der Waals surface area contributed by atoms with Gasteiger partial charge >= 0.3 is 6.18 Å². The molecule has 1 aromatic carbocycles. The van der Waals surface area contributed by atoms with Crippen molar-refractivity contribution >= 4 is 11.0 Å². The highest BCUT2D eigenvalue weighted by Crippen LogP contribution is 2.24. The second-order valence-corrected chi connectivity index (χ2v) is 4.82. The Hall–Kier alpha value is -1.56. The molecule has 0 aliphatic heterocycles. The number of aromatic nitrogens is 2. The lowest BCUT2D eigenvalue weighted by Crippen LogP contribution is -2.12. The van der Waals surface area contributed by atoms with E-state index in [1.165, 1.54) is 0 Å². The smallest absolute Gasteiger partial charge is 0.328 e. The molecule has 110 valence electrons. The van der Waals surface area contributed by atoms with Crippen molar-refractivity contribution < 1.29 is 13.2 Å². The molecule has 0 bridgehead atoms. The molecule has 2 aromatic rings. The summed E-state index contributed by atoms with van der Waals surface area (Å²) in [6, 6.07) is 5.62. The predicted octanol–water partition coefficient (Wildman–Crippen LogP) is 3.40. The first-order chi connectivity index (χ1) is 9.44. The van der Waals surface area contributed by atoms with Crippen molar-refractivity contribution in [2.75, 3.05) is 0 Å². The van der Waals surface area contributed by atoms with Gasteiger partial charge in [-0.2, -0.15) is 13.2 Å². The zero-order valence-corrected chi connectivity index (χ0v) is 11.4. The van der Waals surface area contributed by atoms with E-state index in [1.54, 1.807) is 0 Å². The Morgan fingerprint density at radius 1 is 1.30 bits per heavy atom. The van der Waals surface area contributed by atoms with Crippen LogP contribution >= 0.6 is 0 Å². The average Bonchev–Trinajstić information content (AvgIpc) is 2.73. The lowest BCUT2D eigenvalue weighted by Gasteiger charge is -2.09. The van der Waals surface area contributed by atoms with E-state index in [-0.39, 0.29) is 6.42 Å². The third-order valence-corrected chi connectivity index (χ3v) is 3.21. The number of hydrogen-bond donors (Lipinski definition) is 1. The highest BCUT2D eigenvalue weighted by atomic mass is 19.4. The Morgan fingerprint density at radius 3 is 2.65 bits per heavy atom. The van der Waals surface area contributed by atoms with Gasteiger partial charge in [-0.3, -0.25) is 0 Å². The minimum absolute atomic E-state index is 0.0872. The van der Waals surface area contributed by atoms with Crippen LogP contribution in [0.4, 0.5) is 13.2 Å². The molecule has 0 aliphatic rings. The normalized spacial score (nSPS) is 12.2. The molecule has 0 amide bonds. The molecule has 0 aliphatic carbocycles. The Bertz CT molecular complexity index is 587. The highest BCUT2D eigenvalue weighted by Gasteiger charge is 2.27. The van der Waals surface area contributed by atoms with E-state index in [9.17, 15) is 13.2 Å². The van der Waals surface area contributed by atoms with Crippen molar-refractivity contribution in [1.82, 2.24) is 9.55 Å². The van der Waals surface area contributed by atoms with Gasteiger partial charge in [-0.1, -0.05) is 13.0 Å². The maximum atomic E-state index is 12.4. The monoisotopic (exact) mass is 285 g/mol. The summed E-state index contributed by atoms with van der Waals surface area (Å²) < 4.78 is 39.0. The molecule has 1 heterocycles. The van der Waals surface area contributed by atoms with Gasteiger partial charge in [-0.25, -0.2) is 4.98 Å². The molecule has 2 rings (SSSR count). The number of halogens is 3. The van der Waals surface area contributed by atoms with Crippen LogP contribution in [0.15, 0.2) is 18.2 Å². The van der Waals surface area contributed by atoms with E-state index < -0.39 is 12.6 Å². The van der Waals surface area contributed by atoms with E-state index in [1.807, 2.05) is 29.7 Å². The number of imidazole rings is 1. The molecule has 2 N–H and O–H groups in total. The van der Waals surface area contributed by atoms with Gasteiger partial charge in [0.15, 0.2) is 0 Å². The lowest BCUT2D eigenvalue weighted by atomic mass is 10.2. The summed E-state index contributed by atoms with van der Waals surface area (Å²) in [6.07, 6.45) is -4.24. The van der Waals surface area contributed by atoms with Crippen LogP contribution in [0.25, 0.3) is 11.0 Å². The van der Waals surface area contributed by atoms with Crippen molar-refractivity contribution in [3.05, 3.63) is 29.6 Å². The van der Waals surface area contributed by atoms with Crippen LogP contribution in [0.5, 0.6) is 0 Å². The van der Waals surface area contributed by atoms with Gasteiger partial charge in [-0.05, 0) is 24.1 Å². The van der Waals surface area contributed by atoms with E-state index in [4.69, 9.17) is 5.73 Å². The zero-order valence-electron chi connectivity index (χ0n) is 11.4. The number of nitrogens with zero attached hydrogens (tertiary/aromatic N) is 2. The molecule has 6 heteroatoms. The summed E-state index contributed by atoms with van der Waals surface area (Å²) >= 11 is 0. The van der Waals surface area contributed by atoms with Crippen LogP contribution < -0.4 is 5.73 Å². The summed E-state index contributed by atoms with van der Waals surface area (Å²) in [6.45, 7) is 3.06. The summed E-state index contributed by atoms with van der Waals surface area (Å²) in [5.41, 5.74) is 8.11. The van der Waals surface area contributed by atoms with Crippen molar-refractivity contribution in [2.24, 2.45) is 5.73 Å². The van der Waals surface area contributed by atoms with Gasteiger partial charge in [0.25, 0.3) is 0 Å². The molecule has 0 saturated heterocycles. The van der Waals surface area contributed by atoms with E-state index >= 15 is 0 Å². The van der Waals surface area contributed by atoms with Gasteiger partial charge < -0.3 is 10.3 Å². The highest BCUT2D eigenvalue weighted by molar-refractivity contribution is 5.77. The third-order valence-electron chi connectivity index (χ3n) is 3.21. The van der Waals surface area contributed by atoms with Gasteiger partial charge in [0.05, 0.1) is 17.5 Å². The number of alkyl halides is 3. The minimum Gasteiger partial charge on any atom is -0.328 e. The second kappa shape index (κ2) is 5.83. The Labute approximate surface area is 115 Å². The van der Waals surface area contributed by atoms with Gasteiger partial charge in [0, 0.05) is 19.5 Å². The Kier molecular flexibility index (Phi) is 4.32. The van der Waals surface area contributed by atoms with Gasteiger partial charge in [-0.15, -0.1) is 0 Å². The van der Waals surface area contributed by atoms with Crippen LogP contribution in [0.2, 0.25) is 0 Å². The van der Waals surface area contributed by atoms with Crippen LogP contribution in [-0.2, 0) is 19.5 Å². The quantitative estimate of drug-likeness (QED) is 0.915. The Morgan fingerprint density at radius 2 is 2.05 bits per heavy atom. The molecule has 3 nitrogen and oxygen atoms in total. The number of aryl methyl sites for hydroxylation is 2. The standard InChI is InChI=1S/C14H18F3N3/c1-2-7-20-12-4-3-10(9-18)8-11(12)19-13(20)5-6-14(15,16)17/h3-4,8H,2,5-7,9,18H2,1H3. The van der Waals surface area contributed by atoms with Crippen molar-refractivity contribution in [1.29, 1.82) is 0 Å². The van der Waals surface area contributed by atoms with Crippen LogP contribution in [-0.4, -0.2) is 15.7 Å². The number of benzene rings is 1. The summed E-state index contributed by atoms with van der Waals surface area (Å²) in [5.74, 6) is 0.494. The zero-order chi connectivity index (χ0) is 14.8. The number of hydrogen-bond acceptors (Lipinski definition) is 2. The van der Waals surface area contributed by atoms with Gasteiger partial charge in [0.2, 0.25) is 0 Å². The molecular formula is C14H18F3N3. The predicted molar refractivity (Wildman–Crippen MR) is 72.3 cm³/mol. The van der Waals surface area contributed by atoms with Crippen LogP contribution in [0, 0.1) is 0 Å². The van der Waals surface area contributed by atoms with E-state index in [0.717, 1.165) is 23.0 Å². The third kappa shape index (κ3) is 3.30. The maximum Gasteiger partial charge on any atom is 0.389 e. The molecule has 0 unspecified atom stereocenters. The van der Waals surface area contributed by atoms with Crippen LogP contribution in [0.1, 0.15) is 31.2 Å². The van der Waals surface area contributed by atoms with Gasteiger partial charge in [0.1, 0.15) is 5.82 Å². The molecular weight excluding hydrogens is 267 g/mol. The SMILES string of the molecule is CCCn1c(CCC(F)(F)F)nc2cc(CN)ccc21. The summed E-state index contributed by atoms with van der Waals surface area (Å²) in [5, 5.41) is 0. The van der Waals surface area contributed by atoms with Crippen molar-refractivity contribution in [3.63, 3.8) is 0 Å². The summed E-state index contributed by atoms with van der Waals surface area (Å²) in [7, 11) is 0. The average molecular weight is 285 g/mol. The molecule has 20 heavy (non-hydrogen) atoms. The Balaban J connectivity index is 2.38. The summed E-state index contributed by atoms with van der Waals surface area (Å²) in [4.78, 5) is 4.35. The fraction of sp³-hybridized carbons (Fsp3) is 0.500. The molecule has 0 saturated carbocycles. The molecule has 0 radical (unpaired) electrons. The topological polar surface area (TPSA) is 43.8 Å². The van der Waals surface area contributed by atoms with Crippen LogP contribution in [0.3, 0.4) is 0 Å². The van der Waals surface area contributed by atoms with E-state index in [0.29, 0.717) is 18.9 Å². The van der Waals surface area contributed by atoms with Crippen molar-refractivity contribution in [2.45, 2.75) is 45.5 Å². The molecule has 1 aromatic heterocycles. The fourth-order valence-electron chi connectivity index (χ4n) is 2.27. The largest absolute Gasteiger partial charge is 0.389 e. The lowest BCUT2D eigenvalue weighted by molar-refractivity contribution is -0.134. The van der Waals surface area contributed by atoms with E-state index in [2.05, 4.69) is 4.98 Å². The molecule has 0 fully saturated rings. The number of nitrogens with two attached hydrogens (primary N) is 1. The van der Waals surface area contributed by atoms with Crippen molar-refractivity contribution in [3.8, 4) is 0 Å².